The molecule has 8 nitrogen and oxygen atoms in total. The highest BCUT2D eigenvalue weighted by molar-refractivity contribution is 7.91. The fraction of sp³-hybridized carbons (Fsp3) is 0.321. The zero-order valence-electron chi connectivity index (χ0n) is 22.1. The number of carbonyl (C=O) groups excluding carboxylic acids is 1. The first kappa shape index (κ1) is 29.2. The summed E-state index contributed by atoms with van der Waals surface area (Å²) in [6.45, 7) is 6.58. The molecule has 38 heavy (non-hydrogen) atoms. The molecule has 0 aromatic heterocycles. The van der Waals surface area contributed by atoms with Gasteiger partial charge < -0.3 is 9.47 Å². The zero-order chi connectivity index (χ0) is 28.1. The van der Waals surface area contributed by atoms with E-state index in [9.17, 15) is 21.6 Å². The molecule has 3 rings (SSSR count). The molecule has 0 heterocycles. The molecular formula is C28H33NO7S2. The van der Waals surface area contributed by atoms with Crippen LogP contribution in [0, 0.1) is 5.92 Å². The van der Waals surface area contributed by atoms with Crippen LogP contribution in [0.1, 0.15) is 43.1 Å². The molecule has 0 atom stereocenters. The predicted molar refractivity (Wildman–Crippen MR) is 147 cm³/mol. The van der Waals surface area contributed by atoms with Crippen molar-refractivity contribution in [3.8, 4) is 22.6 Å². The molecule has 1 amide bonds. The molecule has 0 unspecified atom stereocenters. The Morgan fingerprint density at radius 2 is 1.58 bits per heavy atom. The summed E-state index contributed by atoms with van der Waals surface area (Å²) in [6, 6.07) is 15.5. The van der Waals surface area contributed by atoms with Gasteiger partial charge in [-0.1, -0.05) is 32.9 Å². The van der Waals surface area contributed by atoms with Crippen molar-refractivity contribution in [1.82, 2.24) is 4.72 Å². The van der Waals surface area contributed by atoms with Crippen LogP contribution in [0.3, 0.4) is 0 Å². The molecule has 10 heteroatoms. The average Bonchev–Trinajstić information content (AvgIpc) is 2.86. The van der Waals surface area contributed by atoms with E-state index < -0.39 is 25.8 Å². The van der Waals surface area contributed by atoms with Gasteiger partial charge in [-0.05, 0) is 78.4 Å². The van der Waals surface area contributed by atoms with Gasteiger partial charge >= 0.3 is 0 Å². The SMILES string of the molecule is CCCOc1ccc(OC)cc1-c1ccc(C(=O)NS(=O)(=O)c2ccc(S(C)(=O)=O)cc2)c(CC(C)C)c1. The van der Waals surface area contributed by atoms with Gasteiger partial charge in [-0.15, -0.1) is 0 Å². The van der Waals surface area contributed by atoms with Crippen LogP contribution < -0.4 is 14.2 Å². The van der Waals surface area contributed by atoms with Gasteiger partial charge in [0.1, 0.15) is 11.5 Å². The van der Waals surface area contributed by atoms with Gasteiger partial charge in [0.25, 0.3) is 15.9 Å². The van der Waals surface area contributed by atoms with Crippen molar-refractivity contribution >= 4 is 25.8 Å². The lowest BCUT2D eigenvalue weighted by molar-refractivity contribution is 0.0980. The number of ether oxygens (including phenoxy) is 2. The Morgan fingerprint density at radius 3 is 2.16 bits per heavy atom. The van der Waals surface area contributed by atoms with Gasteiger partial charge in [-0.3, -0.25) is 4.79 Å². The predicted octanol–water partition coefficient (Wildman–Crippen LogP) is 4.87. The van der Waals surface area contributed by atoms with Crippen LogP contribution in [-0.2, 0) is 26.3 Å². The number of benzene rings is 3. The smallest absolute Gasteiger partial charge is 0.265 e. The third-order valence-corrected chi connectivity index (χ3v) is 8.20. The van der Waals surface area contributed by atoms with Crippen molar-refractivity contribution in [3.63, 3.8) is 0 Å². The Balaban J connectivity index is 1.99. The van der Waals surface area contributed by atoms with Crippen LogP contribution in [0.25, 0.3) is 11.1 Å². The molecule has 0 aliphatic carbocycles. The van der Waals surface area contributed by atoms with E-state index in [0.717, 1.165) is 35.9 Å². The normalized spacial score (nSPS) is 11.8. The third-order valence-electron chi connectivity index (χ3n) is 5.73. The first-order valence-corrected chi connectivity index (χ1v) is 15.5. The van der Waals surface area contributed by atoms with Crippen LogP contribution in [-0.4, -0.2) is 42.7 Å². The molecule has 0 aliphatic rings. The van der Waals surface area contributed by atoms with Gasteiger partial charge in [0.2, 0.25) is 0 Å². The number of carbonyl (C=O) groups is 1. The Morgan fingerprint density at radius 1 is 0.921 bits per heavy atom. The van der Waals surface area contributed by atoms with Gasteiger partial charge in [0, 0.05) is 17.4 Å². The molecular weight excluding hydrogens is 526 g/mol. The van der Waals surface area contributed by atoms with Crippen molar-refractivity contribution in [1.29, 1.82) is 0 Å². The first-order chi connectivity index (χ1) is 17.9. The van der Waals surface area contributed by atoms with Gasteiger partial charge in [-0.2, -0.15) is 0 Å². The third kappa shape index (κ3) is 7.14. The summed E-state index contributed by atoms with van der Waals surface area (Å²) < 4.78 is 62.6. The van der Waals surface area contributed by atoms with E-state index in [1.807, 2.05) is 45.0 Å². The van der Waals surface area contributed by atoms with Gasteiger partial charge in [0.15, 0.2) is 9.84 Å². The fourth-order valence-corrected chi connectivity index (χ4v) is 5.49. The van der Waals surface area contributed by atoms with Crippen molar-refractivity contribution in [2.24, 2.45) is 5.92 Å². The first-order valence-electron chi connectivity index (χ1n) is 12.2. The maximum atomic E-state index is 13.2. The van der Waals surface area contributed by atoms with E-state index >= 15 is 0 Å². The zero-order valence-corrected chi connectivity index (χ0v) is 23.8. The Kier molecular flexibility index (Phi) is 9.22. The Labute approximate surface area is 225 Å². The number of sulfonamides is 1. The summed E-state index contributed by atoms with van der Waals surface area (Å²) in [5.41, 5.74) is 2.52. The second-order valence-electron chi connectivity index (χ2n) is 9.36. The van der Waals surface area contributed by atoms with Crippen molar-refractivity contribution in [2.45, 2.75) is 43.4 Å². The highest BCUT2D eigenvalue weighted by atomic mass is 32.2. The fourth-order valence-electron chi connectivity index (χ4n) is 3.89. The Hall–Kier alpha value is -3.37. The largest absolute Gasteiger partial charge is 0.497 e. The van der Waals surface area contributed by atoms with E-state index in [0.29, 0.717) is 30.1 Å². The van der Waals surface area contributed by atoms with E-state index in [-0.39, 0.29) is 21.3 Å². The average molecular weight is 560 g/mol. The lowest BCUT2D eigenvalue weighted by Crippen LogP contribution is -2.31. The molecule has 3 aromatic carbocycles. The second kappa shape index (κ2) is 12.0. The summed E-state index contributed by atoms with van der Waals surface area (Å²) in [4.78, 5) is 13.0. The monoisotopic (exact) mass is 559 g/mol. The minimum absolute atomic E-state index is 0.0163. The minimum Gasteiger partial charge on any atom is -0.497 e. The van der Waals surface area contributed by atoms with E-state index in [4.69, 9.17) is 9.47 Å². The van der Waals surface area contributed by atoms with Crippen molar-refractivity contribution in [3.05, 3.63) is 71.8 Å². The molecule has 0 bridgehead atoms. The quantitative estimate of drug-likeness (QED) is 0.356. The van der Waals surface area contributed by atoms with E-state index in [2.05, 4.69) is 4.72 Å². The number of methoxy groups -OCH3 is 1. The standard InChI is InChI=1S/C28H33NO7S2/c1-6-15-36-27-14-8-22(35-4)18-26(27)20-7-13-25(21(17-20)16-19(2)3)28(30)29-38(33,34)24-11-9-23(10-12-24)37(5,31)32/h7-14,17-19H,6,15-16H2,1-5H3,(H,29,30). The van der Waals surface area contributed by atoms with E-state index in [1.165, 1.54) is 12.1 Å². The number of rotatable bonds is 11. The minimum atomic E-state index is -4.23. The number of hydrogen-bond acceptors (Lipinski definition) is 7. The van der Waals surface area contributed by atoms with Crippen molar-refractivity contribution < 1.29 is 31.1 Å². The second-order valence-corrected chi connectivity index (χ2v) is 13.1. The number of nitrogens with one attached hydrogen (secondary N) is 1. The molecule has 1 N–H and O–H groups in total. The van der Waals surface area contributed by atoms with Crippen LogP contribution in [0.2, 0.25) is 0 Å². The number of amides is 1. The summed E-state index contributed by atoms with van der Waals surface area (Å²) in [7, 11) is -6.14. The maximum absolute atomic E-state index is 13.2. The maximum Gasteiger partial charge on any atom is 0.265 e. The van der Waals surface area contributed by atoms with Gasteiger partial charge in [0.05, 0.1) is 23.5 Å². The van der Waals surface area contributed by atoms with Crippen LogP contribution >= 0.6 is 0 Å². The van der Waals surface area contributed by atoms with Gasteiger partial charge in [-0.25, -0.2) is 21.6 Å². The Bertz CT molecular complexity index is 1510. The summed E-state index contributed by atoms with van der Waals surface area (Å²) >= 11 is 0. The highest BCUT2D eigenvalue weighted by Gasteiger charge is 2.22. The van der Waals surface area contributed by atoms with Crippen LogP contribution in [0.4, 0.5) is 0 Å². The van der Waals surface area contributed by atoms with Crippen LogP contribution in [0.15, 0.2) is 70.5 Å². The van der Waals surface area contributed by atoms with Crippen molar-refractivity contribution in [2.75, 3.05) is 20.0 Å². The molecule has 0 saturated heterocycles. The topological polar surface area (TPSA) is 116 Å². The number of sulfone groups is 1. The molecule has 0 radical (unpaired) electrons. The summed E-state index contributed by atoms with van der Waals surface area (Å²) in [5, 5.41) is 0. The van der Waals surface area contributed by atoms with E-state index in [1.54, 1.807) is 19.2 Å². The number of hydrogen-bond donors (Lipinski definition) is 1. The molecule has 3 aromatic rings. The molecule has 0 aliphatic heterocycles. The highest BCUT2D eigenvalue weighted by Crippen LogP contribution is 2.35. The summed E-state index contributed by atoms with van der Waals surface area (Å²) in [6.07, 6.45) is 2.41. The molecule has 0 fully saturated rings. The van der Waals surface area contributed by atoms with Crippen LogP contribution in [0.5, 0.6) is 11.5 Å². The summed E-state index contributed by atoms with van der Waals surface area (Å²) in [5.74, 6) is 0.759. The molecule has 0 saturated carbocycles. The molecule has 0 spiro atoms. The molecule has 204 valence electrons. The lowest BCUT2D eigenvalue weighted by atomic mass is 9.93. The lowest BCUT2D eigenvalue weighted by Gasteiger charge is -2.17.